The summed E-state index contributed by atoms with van der Waals surface area (Å²) in [5.41, 5.74) is 4.22. The van der Waals surface area contributed by atoms with Crippen molar-refractivity contribution in [1.82, 2.24) is 0 Å². The van der Waals surface area contributed by atoms with Crippen molar-refractivity contribution in [1.29, 1.82) is 0 Å². The highest BCUT2D eigenvalue weighted by Crippen LogP contribution is 2.44. The van der Waals surface area contributed by atoms with Crippen molar-refractivity contribution >= 4 is 0 Å². The maximum absolute atomic E-state index is 10.5. The Bertz CT molecular complexity index is 940. The van der Waals surface area contributed by atoms with Crippen LogP contribution in [0.4, 0.5) is 0 Å². The predicted octanol–water partition coefficient (Wildman–Crippen LogP) is 1.44. The molecule has 5 unspecified atom stereocenters. The van der Waals surface area contributed by atoms with Crippen LogP contribution in [0.25, 0.3) is 0 Å². The lowest BCUT2D eigenvalue weighted by Gasteiger charge is -2.40. The smallest absolute Gasteiger partial charge is 0.161 e. The Morgan fingerprint density at radius 2 is 1.61 bits per heavy atom. The Labute approximate surface area is 180 Å². The van der Waals surface area contributed by atoms with Gasteiger partial charge in [0.25, 0.3) is 0 Å². The molecule has 1 aliphatic carbocycles. The van der Waals surface area contributed by atoms with E-state index in [9.17, 15) is 20.4 Å². The fourth-order valence-corrected chi connectivity index (χ4v) is 4.54. The summed E-state index contributed by atoms with van der Waals surface area (Å²) in [5.74, 6) is 2.05. The van der Waals surface area contributed by atoms with Gasteiger partial charge in [0.15, 0.2) is 11.5 Å². The first-order chi connectivity index (χ1) is 15.0. The molecule has 31 heavy (non-hydrogen) atoms. The van der Waals surface area contributed by atoms with Gasteiger partial charge in [-0.25, -0.2) is 0 Å². The summed E-state index contributed by atoms with van der Waals surface area (Å²) in [4.78, 5) is 0. The molecule has 1 saturated carbocycles. The van der Waals surface area contributed by atoms with Crippen molar-refractivity contribution in [2.24, 2.45) is 0 Å². The first-order valence-corrected chi connectivity index (χ1v) is 10.9. The van der Waals surface area contributed by atoms with E-state index in [2.05, 4.69) is 6.07 Å². The number of hydrogen-bond donors (Lipinski definition) is 4. The van der Waals surface area contributed by atoms with Gasteiger partial charge in [0.05, 0.1) is 6.61 Å². The molecule has 1 saturated heterocycles. The van der Waals surface area contributed by atoms with Gasteiger partial charge < -0.3 is 34.6 Å². The van der Waals surface area contributed by atoms with E-state index < -0.39 is 37.1 Å². The minimum atomic E-state index is -1.39. The summed E-state index contributed by atoms with van der Waals surface area (Å²) in [5, 5.41) is 40.3. The van der Waals surface area contributed by atoms with E-state index in [-0.39, 0.29) is 0 Å². The summed E-state index contributed by atoms with van der Waals surface area (Å²) in [6, 6.07) is 12.0. The summed E-state index contributed by atoms with van der Waals surface area (Å²) >= 11 is 0. The Hall–Kier alpha value is -2.16. The molecule has 4 N–H and O–H groups in total. The number of aliphatic hydroxyl groups is 4. The van der Waals surface area contributed by atoms with E-state index >= 15 is 0 Å². The van der Waals surface area contributed by atoms with Crippen LogP contribution in [0.3, 0.4) is 0 Å². The molecule has 2 aromatic rings. The lowest BCUT2D eigenvalue weighted by Crippen LogP contribution is -2.55. The summed E-state index contributed by atoms with van der Waals surface area (Å²) in [7, 11) is 0. The second-order valence-electron chi connectivity index (χ2n) is 8.64. The molecule has 5 atom stereocenters. The molecule has 7 heteroatoms. The van der Waals surface area contributed by atoms with Gasteiger partial charge in [0, 0.05) is 0 Å². The van der Waals surface area contributed by atoms with E-state index in [0.717, 1.165) is 35.5 Å². The van der Waals surface area contributed by atoms with Gasteiger partial charge in [-0.15, -0.1) is 0 Å². The third kappa shape index (κ3) is 4.04. The fourth-order valence-electron chi connectivity index (χ4n) is 4.54. The zero-order valence-corrected chi connectivity index (χ0v) is 17.2. The Balaban J connectivity index is 1.45. The van der Waals surface area contributed by atoms with Crippen molar-refractivity contribution in [3.8, 4) is 11.5 Å². The molecule has 0 radical (unpaired) electrons. The largest absolute Gasteiger partial charge is 0.486 e. The standard InChI is InChI=1S/C24H28O7/c25-12-20-21(26)22(27)23(28)24(31-20)15-4-5-17(14-2-3-14)16(11-15)9-13-1-6-18-19(10-13)30-8-7-29-18/h1,4-6,10-11,14,20-28H,2-3,7-9,12H2. The van der Waals surface area contributed by atoms with Gasteiger partial charge in [-0.2, -0.15) is 0 Å². The molecule has 2 heterocycles. The Morgan fingerprint density at radius 1 is 0.839 bits per heavy atom. The van der Waals surface area contributed by atoms with E-state index in [1.165, 1.54) is 5.56 Å². The summed E-state index contributed by atoms with van der Waals surface area (Å²) in [6.45, 7) is 0.654. The molecule has 2 fully saturated rings. The van der Waals surface area contributed by atoms with Crippen LogP contribution in [-0.2, 0) is 11.2 Å². The highest BCUT2D eigenvalue weighted by molar-refractivity contribution is 5.47. The second kappa shape index (κ2) is 8.41. The van der Waals surface area contributed by atoms with Crippen LogP contribution in [0.1, 0.15) is 47.1 Å². The summed E-state index contributed by atoms with van der Waals surface area (Å²) < 4.78 is 17.1. The van der Waals surface area contributed by atoms with Gasteiger partial charge in [-0.3, -0.25) is 0 Å². The lowest BCUT2D eigenvalue weighted by atomic mass is 9.88. The number of aliphatic hydroxyl groups excluding tert-OH is 4. The molecule has 0 spiro atoms. The van der Waals surface area contributed by atoms with Gasteiger partial charge in [-0.1, -0.05) is 24.3 Å². The number of fused-ring (bicyclic) bond motifs is 1. The van der Waals surface area contributed by atoms with E-state index in [0.29, 0.717) is 31.1 Å². The molecule has 0 amide bonds. The van der Waals surface area contributed by atoms with Crippen LogP contribution in [-0.4, -0.2) is 64.7 Å². The topological polar surface area (TPSA) is 109 Å². The van der Waals surface area contributed by atoms with Crippen molar-refractivity contribution in [3.63, 3.8) is 0 Å². The first kappa shape index (κ1) is 20.7. The number of ether oxygens (including phenoxy) is 3. The highest BCUT2D eigenvalue weighted by Gasteiger charge is 2.44. The van der Waals surface area contributed by atoms with Crippen LogP contribution >= 0.6 is 0 Å². The van der Waals surface area contributed by atoms with Crippen LogP contribution in [0.2, 0.25) is 0 Å². The highest BCUT2D eigenvalue weighted by atomic mass is 16.6. The zero-order valence-electron chi connectivity index (χ0n) is 17.2. The SMILES string of the molecule is OCC1OC(c2ccc(C3CC3)c(Cc3ccc4c(c3)OCCO4)c2)C(O)C(O)C1O. The van der Waals surface area contributed by atoms with Gasteiger partial charge in [-0.05, 0) is 59.6 Å². The van der Waals surface area contributed by atoms with Crippen molar-refractivity contribution in [2.45, 2.75) is 55.7 Å². The molecule has 5 rings (SSSR count). The van der Waals surface area contributed by atoms with Crippen LogP contribution in [0, 0.1) is 0 Å². The van der Waals surface area contributed by atoms with Crippen molar-refractivity contribution in [2.75, 3.05) is 19.8 Å². The predicted molar refractivity (Wildman–Crippen MR) is 111 cm³/mol. The minimum Gasteiger partial charge on any atom is -0.486 e. The molecule has 2 aliphatic heterocycles. The van der Waals surface area contributed by atoms with E-state index in [4.69, 9.17) is 14.2 Å². The van der Waals surface area contributed by atoms with Gasteiger partial charge in [0.1, 0.15) is 43.7 Å². The Morgan fingerprint density at radius 3 is 2.35 bits per heavy atom. The molecule has 0 bridgehead atoms. The maximum Gasteiger partial charge on any atom is 0.161 e. The quantitative estimate of drug-likeness (QED) is 0.571. The summed E-state index contributed by atoms with van der Waals surface area (Å²) in [6.07, 6.45) is -2.78. The average molecular weight is 428 g/mol. The van der Waals surface area contributed by atoms with Crippen molar-refractivity contribution in [3.05, 3.63) is 58.7 Å². The molecule has 2 aromatic carbocycles. The molecular formula is C24H28O7. The number of benzene rings is 2. The third-order valence-corrected chi connectivity index (χ3v) is 6.41. The Kier molecular flexibility index (Phi) is 5.62. The van der Waals surface area contributed by atoms with E-state index in [1.807, 2.05) is 30.3 Å². The van der Waals surface area contributed by atoms with Gasteiger partial charge in [0.2, 0.25) is 0 Å². The maximum atomic E-state index is 10.5. The van der Waals surface area contributed by atoms with E-state index in [1.54, 1.807) is 0 Å². The van der Waals surface area contributed by atoms with Crippen LogP contribution in [0.5, 0.6) is 11.5 Å². The fraction of sp³-hybridized carbons (Fsp3) is 0.500. The van der Waals surface area contributed by atoms with Crippen LogP contribution in [0.15, 0.2) is 36.4 Å². The molecule has 166 valence electrons. The monoisotopic (exact) mass is 428 g/mol. The van der Waals surface area contributed by atoms with Crippen LogP contribution < -0.4 is 9.47 Å². The molecule has 7 nitrogen and oxygen atoms in total. The number of rotatable bonds is 5. The first-order valence-electron chi connectivity index (χ1n) is 10.9. The third-order valence-electron chi connectivity index (χ3n) is 6.41. The lowest BCUT2D eigenvalue weighted by molar-refractivity contribution is -0.231. The number of hydrogen-bond acceptors (Lipinski definition) is 7. The van der Waals surface area contributed by atoms with Gasteiger partial charge >= 0.3 is 0 Å². The van der Waals surface area contributed by atoms with Crippen molar-refractivity contribution < 1.29 is 34.6 Å². The zero-order chi connectivity index (χ0) is 21.5. The molecular weight excluding hydrogens is 400 g/mol. The second-order valence-corrected chi connectivity index (χ2v) is 8.64. The molecule has 0 aromatic heterocycles. The normalized spacial score (nSPS) is 30.3. The average Bonchev–Trinajstić information content (AvgIpc) is 3.63. The minimum absolute atomic E-state index is 0.439. The molecule has 3 aliphatic rings.